The van der Waals surface area contributed by atoms with Crippen LogP contribution in [0, 0.1) is 17.5 Å². The Morgan fingerprint density at radius 1 is 0.689 bits per heavy atom. The highest BCUT2D eigenvalue weighted by atomic mass is 32.2. The van der Waals surface area contributed by atoms with Gasteiger partial charge in [-0.1, -0.05) is 128 Å². The maximum Gasteiger partial charge on any atom is 0.501 e. The molecule has 0 radical (unpaired) electrons. The molecule has 5 aromatic rings. The molecular formula is C47H44BF3N4O5S. The molecule has 0 bridgehead atoms. The van der Waals surface area contributed by atoms with E-state index in [2.05, 4.69) is 10.6 Å². The zero-order valence-electron chi connectivity index (χ0n) is 33.3. The molecule has 5 aromatic carbocycles. The van der Waals surface area contributed by atoms with Crippen molar-refractivity contribution in [2.24, 2.45) is 0 Å². The fraction of sp³-hybridized carbons (Fsp3) is 0.298. The van der Waals surface area contributed by atoms with Gasteiger partial charge in [0.2, 0.25) is 5.91 Å². The molecule has 14 heteroatoms. The van der Waals surface area contributed by atoms with Crippen molar-refractivity contribution >= 4 is 42.2 Å². The molecule has 3 atom stereocenters. The molecule has 2 N–H and O–H groups in total. The van der Waals surface area contributed by atoms with E-state index in [9.17, 15) is 14.4 Å². The Hall–Kier alpha value is -5.57. The first kappa shape index (κ1) is 40.8. The van der Waals surface area contributed by atoms with E-state index >= 15 is 13.2 Å². The van der Waals surface area contributed by atoms with Gasteiger partial charge in [-0.3, -0.25) is 9.59 Å². The summed E-state index contributed by atoms with van der Waals surface area (Å²) in [5.41, 5.74) is -2.29. The minimum Gasteiger partial charge on any atom is -0.390 e. The van der Waals surface area contributed by atoms with Gasteiger partial charge >= 0.3 is 13.1 Å². The number of hydrogen-bond donors (Lipinski definition) is 2. The van der Waals surface area contributed by atoms with Crippen LogP contribution < -0.4 is 16.1 Å². The zero-order chi connectivity index (χ0) is 42.1. The molecule has 4 fully saturated rings. The molecule has 4 heterocycles. The number of urea groups is 1. The number of nitrogens with one attached hydrogen (secondary N) is 2. The third kappa shape index (κ3) is 7.27. The highest BCUT2D eigenvalue weighted by molar-refractivity contribution is 8.00. The largest absolute Gasteiger partial charge is 0.501 e. The lowest BCUT2D eigenvalue weighted by Crippen LogP contribution is -2.51. The standard InChI is InChI=1S/C47H44BF3N4O5S/c49-35-29-36(50)41(42(51)40(35)44(57)55-27-25-54(26-28-55)39(56)24-14-13-23-38-43-37(30-61-38)52-45(58)53-43)48-59-46(31-15-5-1-6-16-31,32-17-7-2-8-18-32)47(60-48,33-19-9-3-10-20-33)34-21-11-4-12-22-34/h1-12,15-22,29,37-38,43H,13-14,23-28,30H2,(H2,52,53,58). The summed E-state index contributed by atoms with van der Waals surface area (Å²) < 4.78 is 63.4. The van der Waals surface area contributed by atoms with Crippen molar-refractivity contribution in [1.29, 1.82) is 0 Å². The van der Waals surface area contributed by atoms with Crippen molar-refractivity contribution in [3.63, 3.8) is 0 Å². The SMILES string of the molecule is O=C1NC2CSC(CCCCC(=O)N3CCN(C(=O)c4c(F)cc(F)c(B5OC(c6ccccc6)(c6ccccc6)C(c6ccccc6)(c6ccccc6)O5)c4F)CC3)C2N1. The molecule has 4 saturated heterocycles. The molecule has 4 amide bonds. The molecule has 0 aromatic heterocycles. The fourth-order valence-corrected chi connectivity index (χ4v) is 11.0. The van der Waals surface area contributed by atoms with Gasteiger partial charge in [0, 0.05) is 49.7 Å². The summed E-state index contributed by atoms with van der Waals surface area (Å²) >= 11 is 1.83. The van der Waals surface area contributed by atoms with Crippen molar-refractivity contribution in [1.82, 2.24) is 20.4 Å². The molecule has 61 heavy (non-hydrogen) atoms. The topological polar surface area (TPSA) is 100 Å². The van der Waals surface area contributed by atoms with Crippen LogP contribution in [0.1, 0.15) is 58.3 Å². The summed E-state index contributed by atoms with van der Waals surface area (Å²) in [6.07, 6.45) is 2.73. The molecule has 0 aliphatic carbocycles. The van der Waals surface area contributed by atoms with E-state index in [-0.39, 0.29) is 50.2 Å². The van der Waals surface area contributed by atoms with Crippen LogP contribution in [-0.4, -0.2) is 84.0 Å². The second kappa shape index (κ2) is 17.1. The van der Waals surface area contributed by atoms with Gasteiger partial charge in [-0.2, -0.15) is 11.8 Å². The molecule has 0 saturated carbocycles. The monoisotopic (exact) mass is 844 g/mol. The summed E-state index contributed by atoms with van der Waals surface area (Å²) in [6.45, 7) is 0.447. The number of halogens is 3. The lowest BCUT2D eigenvalue weighted by atomic mass is 9.66. The lowest BCUT2D eigenvalue weighted by Gasteiger charge is -2.46. The Balaban J connectivity index is 0.989. The van der Waals surface area contributed by atoms with Gasteiger partial charge < -0.3 is 29.7 Å². The second-order valence-corrected chi connectivity index (χ2v) is 17.1. The van der Waals surface area contributed by atoms with Gasteiger partial charge in [0.1, 0.15) is 34.2 Å². The first-order valence-electron chi connectivity index (χ1n) is 20.7. The third-order valence-electron chi connectivity index (χ3n) is 12.4. The van der Waals surface area contributed by atoms with Crippen molar-refractivity contribution in [2.45, 2.75) is 54.2 Å². The third-order valence-corrected chi connectivity index (χ3v) is 13.9. The number of thioether (sulfide) groups is 1. The number of rotatable bonds is 11. The van der Waals surface area contributed by atoms with Gasteiger partial charge in [-0.25, -0.2) is 18.0 Å². The predicted molar refractivity (Wildman–Crippen MR) is 228 cm³/mol. The highest BCUT2D eigenvalue weighted by Gasteiger charge is 2.67. The van der Waals surface area contributed by atoms with E-state index < -0.39 is 52.7 Å². The average molecular weight is 845 g/mol. The maximum atomic E-state index is 17.2. The quantitative estimate of drug-likeness (QED) is 0.0869. The van der Waals surface area contributed by atoms with Crippen molar-refractivity contribution in [3.8, 4) is 0 Å². The minimum absolute atomic E-state index is 0.0390. The maximum absolute atomic E-state index is 17.2. The smallest absolute Gasteiger partial charge is 0.390 e. The van der Waals surface area contributed by atoms with Gasteiger partial charge in [0.25, 0.3) is 5.91 Å². The summed E-state index contributed by atoms with van der Waals surface area (Å²) in [5.74, 6) is -4.19. The van der Waals surface area contributed by atoms with Crippen LogP contribution >= 0.6 is 11.8 Å². The molecule has 4 aliphatic heterocycles. The lowest BCUT2D eigenvalue weighted by molar-refractivity contribution is -0.132. The molecule has 9 nitrogen and oxygen atoms in total. The number of carbonyl (C=O) groups is 3. The van der Waals surface area contributed by atoms with E-state index in [0.717, 1.165) is 18.6 Å². The highest BCUT2D eigenvalue weighted by Crippen LogP contribution is 2.59. The second-order valence-electron chi connectivity index (χ2n) is 15.9. The summed E-state index contributed by atoms with van der Waals surface area (Å²) in [6, 6.07) is 37.8. The normalized spacial score (nSPS) is 21.5. The minimum atomic E-state index is -1.77. The zero-order valence-corrected chi connectivity index (χ0v) is 34.1. The first-order valence-corrected chi connectivity index (χ1v) is 21.8. The van der Waals surface area contributed by atoms with Crippen molar-refractivity contribution in [2.75, 3.05) is 31.9 Å². The van der Waals surface area contributed by atoms with Crippen LogP contribution in [0.15, 0.2) is 127 Å². The van der Waals surface area contributed by atoms with Crippen LogP contribution in [0.2, 0.25) is 0 Å². The molecule has 312 valence electrons. The Morgan fingerprint density at radius 3 is 1.69 bits per heavy atom. The van der Waals surface area contributed by atoms with Crippen molar-refractivity contribution < 1.29 is 36.9 Å². The van der Waals surface area contributed by atoms with Crippen LogP contribution in [-0.2, 0) is 25.3 Å². The molecule has 0 spiro atoms. The molecule has 3 unspecified atom stereocenters. The van der Waals surface area contributed by atoms with Crippen LogP contribution in [0.5, 0.6) is 0 Å². The Bertz CT molecular complexity index is 2230. The van der Waals surface area contributed by atoms with E-state index in [0.29, 0.717) is 46.4 Å². The summed E-state index contributed by atoms with van der Waals surface area (Å²) in [7, 11) is -1.77. The average Bonchev–Trinajstić information content (AvgIpc) is 3.98. The Morgan fingerprint density at radius 2 is 1.18 bits per heavy atom. The van der Waals surface area contributed by atoms with E-state index in [1.807, 2.05) is 133 Å². The Kier molecular flexibility index (Phi) is 11.4. The molecule has 9 rings (SSSR count). The molecule has 4 aliphatic rings. The Labute approximate surface area is 357 Å². The molecular weight excluding hydrogens is 800 g/mol. The van der Waals surface area contributed by atoms with E-state index in [1.54, 1.807) is 4.90 Å². The number of hydrogen-bond acceptors (Lipinski definition) is 6. The van der Waals surface area contributed by atoms with Gasteiger partial charge in [-0.15, -0.1) is 0 Å². The number of amides is 4. The van der Waals surface area contributed by atoms with Crippen LogP contribution in [0.25, 0.3) is 0 Å². The number of piperazine rings is 1. The van der Waals surface area contributed by atoms with E-state index in [1.165, 1.54) is 4.90 Å². The van der Waals surface area contributed by atoms with Crippen LogP contribution in [0.4, 0.5) is 18.0 Å². The number of benzene rings is 5. The van der Waals surface area contributed by atoms with Gasteiger partial charge in [-0.05, 0) is 35.1 Å². The first-order chi connectivity index (χ1) is 29.7. The fourth-order valence-electron chi connectivity index (χ4n) is 9.50. The number of carbonyl (C=O) groups excluding carboxylic acids is 3. The number of fused-ring (bicyclic) bond motifs is 1. The van der Waals surface area contributed by atoms with E-state index in [4.69, 9.17) is 9.31 Å². The summed E-state index contributed by atoms with van der Waals surface area (Å²) in [5, 5.41) is 6.24. The number of unbranched alkanes of at least 4 members (excludes halogenated alkanes) is 1. The number of nitrogens with zero attached hydrogens (tertiary/aromatic N) is 2. The van der Waals surface area contributed by atoms with Crippen LogP contribution in [0.3, 0.4) is 0 Å². The van der Waals surface area contributed by atoms with Crippen molar-refractivity contribution in [3.05, 3.63) is 173 Å². The summed E-state index contributed by atoms with van der Waals surface area (Å²) in [4.78, 5) is 41.9. The van der Waals surface area contributed by atoms with Gasteiger partial charge in [0.05, 0.1) is 17.5 Å². The van der Waals surface area contributed by atoms with Gasteiger partial charge in [0.15, 0.2) is 0 Å². The predicted octanol–water partition coefficient (Wildman–Crippen LogP) is 6.74.